The number of ether oxygens (including phenoxy) is 2. The molecule has 0 saturated heterocycles. The van der Waals surface area contributed by atoms with Crippen LogP contribution < -0.4 is 9.47 Å². The van der Waals surface area contributed by atoms with Gasteiger partial charge in [0.1, 0.15) is 6.07 Å². The molecule has 0 spiro atoms. The summed E-state index contributed by atoms with van der Waals surface area (Å²) < 4.78 is 10.9. The maximum absolute atomic E-state index is 8.91. The molecule has 0 aliphatic heterocycles. The molecule has 1 aromatic heterocycles. The Kier molecular flexibility index (Phi) is 2.98. The number of methoxy groups -OCH3 is 2. The van der Waals surface area contributed by atoms with Crippen LogP contribution in [0.4, 0.5) is 0 Å². The topological polar surface area (TPSA) is 58.0 Å². The van der Waals surface area contributed by atoms with Gasteiger partial charge in [-0.15, -0.1) is 0 Å². The van der Waals surface area contributed by atoms with Gasteiger partial charge in [-0.2, -0.15) is 5.26 Å². The maximum Gasteiger partial charge on any atom is 0.162 e. The zero-order chi connectivity index (χ0) is 12.4. The summed E-state index contributed by atoms with van der Waals surface area (Å²) in [6.45, 7) is 0. The largest absolute Gasteiger partial charge is 0.493 e. The number of hydrogen-bond donors (Lipinski definition) is 1. The molecule has 0 bridgehead atoms. The van der Waals surface area contributed by atoms with Gasteiger partial charge >= 0.3 is 0 Å². The van der Waals surface area contributed by atoms with Gasteiger partial charge in [0.05, 0.1) is 29.8 Å². The molecule has 5 heteroatoms. The van der Waals surface area contributed by atoms with Crippen LogP contribution in [-0.2, 0) is 0 Å². The van der Waals surface area contributed by atoms with E-state index in [0.717, 1.165) is 10.9 Å². The number of rotatable bonds is 2. The minimum absolute atomic E-state index is 0.444. The summed E-state index contributed by atoms with van der Waals surface area (Å²) >= 11 is 5.24. The molecule has 2 aromatic rings. The molecular weight excluding hydrogens is 236 g/mol. The first-order valence-corrected chi connectivity index (χ1v) is 5.29. The predicted molar refractivity (Wildman–Crippen MR) is 67.0 cm³/mol. The smallest absolute Gasteiger partial charge is 0.162 e. The number of fused-ring (bicyclic) bond motifs is 1. The number of aromatic nitrogens is 1. The molecule has 0 fully saturated rings. The van der Waals surface area contributed by atoms with Crippen molar-refractivity contribution in [2.24, 2.45) is 0 Å². The number of H-pyrrole nitrogens is 1. The fourth-order valence-electron chi connectivity index (χ4n) is 1.63. The highest BCUT2D eigenvalue weighted by Gasteiger charge is 2.08. The SMILES string of the molecule is COc1cc2[nH]cc(C#N)c(=S)c2cc1OC. The Morgan fingerprint density at radius 3 is 2.47 bits per heavy atom. The standard InChI is InChI=1S/C12H10N2O2S/c1-15-10-3-8-9(4-11(10)16-2)14-6-7(5-13)12(8)17/h3-4,6H,1-2H3,(H,14,17). The molecule has 0 saturated carbocycles. The lowest BCUT2D eigenvalue weighted by atomic mass is 10.1. The minimum atomic E-state index is 0.444. The number of nitrogens with zero attached hydrogens (tertiary/aromatic N) is 1. The lowest BCUT2D eigenvalue weighted by Gasteiger charge is -2.09. The molecule has 4 nitrogen and oxygen atoms in total. The van der Waals surface area contributed by atoms with E-state index in [0.29, 0.717) is 21.6 Å². The number of benzene rings is 1. The van der Waals surface area contributed by atoms with Gasteiger partial charge < -0.3 is 14.5 Å². The van der Waals surface area contributed by atoms with Gasteiger partial charge in [0.15, 0.2) is 11.5 Å². The maximum atomic E-state index is 8.91. The molecule has 1 aromatic carbocycles. The molecular formula is C12H10N2O2S. The Morgan fingerprint density at radius 1 is 1.24 bits per heavy atom. The van der Waals surface area contributed by atoms with E-state index >= 15 is 0 Å². The summed E-state index contributed by atoms with van der Waals surface area (Å²) in [4.78, 5) is 3.01. The van der Waals surface area contributed by atoms with Crippen molar-refractivity contribution in [1.82, 2.24) is 4.98 Å². The van der Waals surface area contributed by atoms with Crippen LogP contribution in [0.5, 0.6) is 11.5 Å². The van der Waals surface area contributed by atoms with Crippen LogP contribution in [0.25, 0.3) is 10.9 Å². The van der Waals surface area contributed by atoms with E-state index in [2.05, 4.69) is 4.98 Å². The van der Waals surface area contributed by atoms with Crippen molar-refractivity contribution < 1.29 is 9.47 Å². The fraction of sp³-hybridized carbons (Fsp3) is 0.167. The average Bonchev–Trinajstić information content (AvgIpc) is 2.38. The molecule has 0 aliphatic carbocycles. The zero-order valence-electron chi connectivity index (χ0n) is 9.40. The highest BCUT2D eigenvalue weighted by atomic mass is 32.1. The summed E-state index contributed by atoms with van der Waals surface area (Å²) in [6.07, 6.45) is 1.59. The van der Waals surface area contributed by atoms with Crippen LogP contribution in [0.15, 0.2) is 18.3 Å². The molecule has 0 amide bonds. The van der Waals surface area contributed by atoms with Crippen molar-refractivity contribution in [2.75, 3.05) is 14.2 Å². The van der Waals surface area contributed by atoms with E-state index in [4.69, 9.17) is 27.0 Å². The van der Waals surface area contributed by atoms with Crippen molar-refractivity contribution >= 4 is 23.1 Å². The van der Waals surface area contributed by atoms with Crippen LogP contribution in [0.1, 0.15) is 5.56 Å². The van der Waals surface area contributed by atoms with E-state index < -0.39 is 0 Å². The number of aromatic amines is 1. The van der Waals surface area contributed by atoms with Gasteiger partial charge in [0.25, 0.3) is 0 Å². The van der Waals surface area contributed by atoms with Crippen LogP contribution in [0.3, 0.4) is 0 Å². The monoisotopic (exact) mass is 246 g/mol. The van der Waals surface area contributed by atoms with Gasteiger partial charge in [-0.1, -0.05) is 12.2 Å². The van der Waals surface area contributed by atoms with Crippen molar-refractivity contribution in [2.45, 2.75) is 0 Å². The highest BCUT2D eigenvalue weighted by Crippen LogP contribution is 2.32. The Balaban J connectivity index is 2.85. The molecule has 1 heterocycles. The first-order chi connectivity index (χ1) is 8.21. The third-order valence-electron chi connectivity index (χ3n) is 2.51. The summed E-state index contributed by atoms with van der Waals surface area (Å²) in [7, 11) is 3.13. The number of pyridine rings is 1. The normalized spacial score (nSPS) is 9.94. The average molecular weight is 246 g/mol. The summed E-state index contributed by atoms with van der Waals surface area (Å²) in [6, 6.07) is 5.61. The molecule has 2 rings (SSSR count). The van der Waals surface area contributed by atoms with Gasteiger partial charge in [-0.3, -0.25) is 0 Å². The Bertz CT molecular complexity index is 670. The number of nitrogens with one attached hydrogen (secondary N) is 1. The number of hydrogen-bond acceptors (Lipinski definition) is 4. The molecule has 17 heavy (non-hydrogen) atoms. The molecule has 1 N–H and O–H groups in total. The van der Waals surface area contributed by atoms with Gasteiger partial charge in [-0.25, -0.2) is 0 Å². The molecule has 0 atom stereocenters. The fourth-order valence-corrected chi connectivity index (χ4v) is 1.90. The van der Waals surface area contributed by atoms with Crippen molar-refractivity contribution in [1.29, 1.82) is 5.26 Å². The van der Waals surface area contributed by atoms with Crippen LogP contribution in [0.2, 0.25) is 0 Å². The summed E-state index contributed by atoms with van der Waals surface area (Å²) in [5.74, 6) is 1.21. The lowest BCUT2D eigenvalue weighted by Crippen LogP contribution is -1.92. The Labute approximate surface area is 103 Å². The third kappa shape index (κ3) is 1.83. The first-order valence-electron chi connectivity index (χ1n) is 4.88. The lowest BCUT2D eigenvalue weighted by molar-refractivity contribution is 0.356. The van der Waals surface area contributed by atoms with E-state index in [9.17, 15) is 0 Å². The second kappa shape index (κ2) is 4.44. The van der Waals surface area contributed by atoms with Crippen LogP contribution in [-0.4, -0.2) is 19.2 Å². The highest BCUT2D eigenvalue weighted by molar-refractivity contribution is 7.71. The van der Waals surface area contributed by atoms with Gasteiger partial charge in [0, 0.05) is 17.6 Å². The second-order valence-electron chi connectivity index (χ2n) is 3.40. The van der Waals surface area contributed by atoms with Crippen molar-refractivity contribution in [3.63, 3.8) is 0 Å². The predicted octanol–water partition coefficient (Wildman–Crippen LogP) is 2.79. The number of nitriles is 1. The molecule has 86 valence electrons. The van der Waals surface area contributed by atoms with E-state index in [1.807, 2.05) is 6.07 Å². The first kappa shape index (κ1) is 11.4. The van der Waals surface area contributed by atoms with E-state index in [-0.39, 0.29) is 0 Å². The molecule has 0 radical (unpaired) electrons. The van der Waals surface area contributed by atoms with Gasteiger partial charge in [-0.05, 0) is 6.07 Å². The van der Waals surface area contributed by atoms with E-state index in [1.165, 1.54) is 0 Å². The van der Waals surface area contributed by atoms with Crippen LogP contribution in [0, 0.1) is 15.8 Å². The summed E-state index contributed by atoms with van der Waals surface area (Å²) in [5.41, 5.74) is 1.26. The van der Waals surface area contributed by atoms with Crippen molar-refractivity contribution in [3.8, 4) is 17.6 Å². The molecule has 0 aliphatic rings. The van der Waals surface area contributed by atoms with Crippen molar-refractivity contribution in [3.05, 3.63) is 28.4 Å². The third-order valence-corrected chi connectivity index (χ3v) is 2.95. The zero-order valence-corrected chi connectivity index (χ0v) is 10.2. The Hall–Kier alpha value is -2.06. The van der Waals surface area contributed by atoms with Gasteiger partial charge in [0.2, 0.25) is 0 Å². The minimum Gasteiger partial charge on any atom is -0.493 e. The van der Waals surface area contributed by atoms with Crippen LogP contribution >= 0.6 is 12.2 Å². The second-order valence-corrected chi connectivity index (χ2v) is 3.80. The molecule has 0 unspecified atom stereocenters. The Morgan fingerprint density at radius 2 is 1.88 bits per heavy atom. The van der Waals surface area contributed by atoms with E-state index in [1.54, 1.807) is 32.5 Å². The summed E-state index contributed by atoms with van der Waals surface area (Å²) in [5, 5.41) is 9.69. The quantitative estimate of drug-likeness (QED) is 0.828.